The number of rotatable bonds is 3. The molecule has 2 aromatic rings. The van der Waals surface area contributed by atoms with E-state index >= 15 is 0 Å². The average Bonchev–Trinajstić information content (AvgIpc) is 2.41. The maximum absolute atomic E-state index is 13.2. The van der Waals surface area contributed by atoms with Crippen LogP contribution in [0.4, 0.5) is 14.5 Å². The van der Waals surface area contributed by atoms with Crippen LogP contribution in [-0.2, 0) is 0 Å². The normalized spacial score (nSPS) is 10.1. The Morgan fingerprint density at radius 1 is 1.05 bits per heavy atom. The van der Waals surface area contributed by atoms with Gasteiger partial charge in [-0.15, -0.1) is 0 Å². The highest BCUT2D eigenvalue weighted by Gasteiger charge is 2.13. The number of carbonyl (C=O) groups is 1. The second-order valence-corrected chi connectivity index (χ2v) is 3.81. The van der Waals surface area contributed by atoms with Crippen LogP contribution in [0.1, 0.15) is 10.4 Å². The standard InChI is InChI=1S/C14H11F2NO2/c1-19-13-7-4-10(16)8-12(13)14(18)17-11-5-2-9(15)3-6-11/h2-8H,1H3,(H,17,18). The summed E-state index contributed by atoms with van der Waals surface area (Å²) in [4.78, 5) is 12.0. The van der Waals surface area contributed by atoms with E-state index in [1.807, 2.05) is 0 Å². The molecule has 0 atom stereocenters. The van der Waals surface area contributed by atoms with Gasteiger partial charge in [-0.1, -0.05) is 0 Å². The molecule has 19 heavy (non-hydrogen) atoms. The molecule has 1 N–H and O–H groups in total. The Hall–Kier alpha value is -2.43. The second-order valence-electron chi connectivity index (χ2n) is 3.81. The average molecular weight is 263 g/mol. The molecular formula is C14H11F2NO2. The molecular weight excluding hydrogens is 252 g/mol. The fourth-order valence-electron chi connectivity index (χ4n) is 1.59. The van der Waals surface area contributed by atoms with Crippen molar-refractivity contribution in [2.24, 2.45) is 0 Å². The van der Waals surface area contributed by atoms with Crippen molar-refractivity contribution in [3.8, 4) is 5.75 Å². The highest BCUT2D eigenvalue weighted by atomic mass is 19.1. The summed E-state index contributed by atoms with van der Waals surface area (Å²) in [5.74, 6) is -1.20. The Morgan fingerprint density at radius 3 is 2.32 bits per heavy atom. The van der Waals surface area contributed by atoms with Gasteiger partial charge < -0.3 is 10.1 Å². The van der Waals surface area contributed by atoms with Crippen molar-refractivity contribution < 1.29 is 18.3 Å². The zero-order chi connectivity index (χ0) is 13.8. The third kappa shape index (κ3) is 3.07. The zero-order valence-electron chi connectivity index (χ0n) is 10.1. The SMILES string of the molecule is COc1ccc(F)cc1C(=O)Nc1ccc(F)cc1. The molecule has 0 heterocycles. The largest absolute Gasteiger partial charge is 0.496 e. The third-order valence-corrected chi connectivity index (χ3v) is 2.51. The van der Waals surface area contributed by atoms with Crippen LogP contribution >= 0.6 is 0 Å². The monoisotopic (exact) mass is 263 g/mol. The predicted molar refractivity (Wildman–Crippen MR) is 67.3 cm³/mol. The first kappa shape index (κ1) is 13.0. The lowest BCUT2D eigenvalue weighted by Crippen LogP contribution is -2.13. The van der Waals surface area contributed by atoms with Crippen LogP contribution in [0.5, 0.6) is 5.75 Å². The van der Waals surface area contributed by atoms with Crippen molar-refractivity contribution in [3.05, 3.63) is 59.7 Å². The van der Waals surface area contributed by atoms with Gasteiger partial charge in [0.1, 0.15) is 17.4 Å². The van der Waals surface area contributed by atoms with E-state index in [0.29, 0.717) is 5.69 Å². The number of methoxy groups -OCH3 is 1. The van der Waals surface area contributed by atoms with Crippen LogP contribution in [0.15, 0.2) is 42.5 Å². The van der Waals surface area contributed by atoms with Gasteiger partial charge in [0.05, 0.1) is 12.7 Å². The molecule has 0 bridgehead atoms. The van der Waals surface area contributed by atoms with Crippen LogP contribution < -0.4 is 10.1 Å². The van der Waals surface area contributed by atoms with Gasteiger partial charge >= 0.3 is 0 Å². The summed E-state index contributed by atoms with van der Waals surface area (Å²) < 4.78 is 30.9. The molecule has 0 aromatic heterocycles. The Bertz CT molecular complexity index is 597. The van der Waals surface area contributed by atoms with E-state index in [0.717, 1.165) is 6.07 Å². The van der Waals surface area contributed by atoms with Crippen LogP contribution in [0.2, 0.25) is 0 Å². The molecule has 3 nitrogen and oxygen atoms in total. The van der Waals surface area contributed by atoms with Crippen molar-refractivity contribution in [2.75, 3.05) is 12.4 Å². The summed E-state index contributed by atoms with van der Waals surface area (Å²) in [6.07, 6.45) is 0. The summed E-state index contributed by atoms with van der Waals surface area (Å²) in [6.45, 7) is 0. The number of ether oxygens (including phenoxy) is 1. The zero-order valence-corrected chi connectivity index (χ0v) is 10.1. The highest BCUT2D eigenvalue weighted by molar-refractivity contribution is 6.06. The number of benzene rings is 2. The minimum Gasteiger partial charge on any atom is -0.496 e. The number of anilines is 1. The maximum Gasteiger partial charge on any atom is 0.259 e. The molecule has 2 aromatic carbocycles. The minimum absolute atomic E-state index is 0.0758. The van der Waals surface area contributed by atoms with Crippen LogP contribution in [0.3, 0.4) is 0 Å². The van der Waals surface area contributed by atoms with Gasteiger partial charge in [0.15, 0.2) is 0 Å². The lowest BCUT2D eigenvalue weighted by molar-refractivity contribution is 0.102. The van der Waals surface area contributed by atoms with E-state index in [-0.39, 0.29) is 11.3 Å². The molecule has 0 aliphatic heterocycles. The molecule has 0 aliphatic rings. The van der Waals surface area contributed by atoms with Gasteiger partial charge in [-0.05, 0) is 42.5 Å². The second kappa shape index (κ2) is 5.48. The first-order valence-electron chi connectivity index (χ1n) is 5.50. The van der Waals surface area contributed by atoms with Crippen molar-refractivity contribution in [2.45, 2.75) is 0 Å². The van der Waals surface area contributed by atoms with Crippen LogP contribution in [-0.4, -0.2) is 13.0 Å². The molecule has 0 radical (unpaired) electrons. The topological polar surface area (TPSA) is 38.3 Å². The molecule has 2 rings (SSSR count). The number of amides is 1. The molecule has 0 fully saturated rings. The van der Waals surface area contributed by atoms with Gasteiger partial charge in [-0.2, -0.15) is 0 Å². The van der Waals surface area contributed by atoms with E-state index in [1.54, 1.807) is 0 Å². The molecule has 98 valence electrons. The number of nitrogens with one attached hydrogen (secondary N) is 1. The Kier molecular flexibility index (Phi) is 3.75. The van der Waals surface area contributed by atoms with E-state index in [4.69, 9.17) is 4.74 Å². The van der Waals surface area contributed by atoms with Gasteiger partial charge in [-0.25, -0.2) is 8.78 Å². The first-order valence-corrected chi connectivity index (χ1v) is 5.50. The quantitative estimate of drug-likeness (QED) is 0.923. The first-order chi connectivity index (χ1) is 9.10. The Morgan fingerprint density at radius 2 is 1.68 bits per heavy atom. The van der Waals surface area contributed by atoms with Crippen molar-refractivity contribution >= 4 is 11.6 Å². The summed E-state index contributed by atoms with van der Waals surface area (Å²) in [7, 11) is 1.39. The molecule has 0 spiro atoms. The molecule has 0 aliphatic carbocycles. The molecule has 0 saturated carbocycles. The molecule has 0 unspecified atom stereocenters. The van der Waals surface area contributed by atoms with E-state index in [1.165, 1.54) is 43.5 Å². The van der Waals surface area contributed by atoms with Gasteiger partial charge in [0.2, 0.25) is 0 Å². The molecule has 1 amide bonds. The summed E-state index contributed by atoms with van der Waals surface area (Å²) in [5, 5.41) is 2.54. The number of hydrogen-bond donors (Lipinski definition) is 1. The summed E-state index contributed by atoms with van der Waals surface area (Å²) in [6, 6.07) is 8.93. The van der Waals surface area contributed by atoms with Crippen molar-refractivity contribution in [1.82, 2.24) is 0 Å². The fourth-order valence-corrected chi connectivity index (χ4v) is 1.59. The number of carbonyl (C=O) groups excluding carboxylic acids is 1. The third-order valence-electron chi connectivity index (χ3n) is 2.51. The Labute approximate surface area is 108 Å². The lowest BCUT2D eigenvalue weighted by Gasteiger charge is -2.09. The maximum atomic E-state index is 13.2. The van der Waals surface area contributed by atoms with Gasteiger partial charge in [0, 0.05) is 5.69 Å². The van der Waals surface area contributed by atoms with Crippen molar-refractivity contribution in [3.63, 3.8) is 0 Å². The van der Waals surface area contributed by atoms with E-state index in [2.05, 4.69) is 5.32 Å². The minimum atomic E-state index is -0.537. The lowest BCUT2D eigenvalue weighted by atomic mass is 10.1. The van der Waals surface area contributed by atoms with E-state index in [9.17, 15) is 13.6 Å². The number of hydrogen-bond acceptors (Lipinski definition) is 2. The molecule has 5 heteroatoms. The molecule has 0 saturated heterocycles. The van der Waals surface area contributed by atoms with Crippen LogP contribution in [0, 0.1) is 11.6 Å². The van der Waals surface area contributed by atoms with Crippen LogP contribution in [0.25, 0.3) is 0 Å². The predicted octanol–water partition coefficient (Wildman–Crippen LogP) is 3.23. The van der Waals surface area contributed by atoms with E-state index < -0.39 is 17.5 Å². The Balaban J connectivity index is 2.24. The smallest absolute Gasteiger partial charge is 0.259 e. The fraction of sp³-hybridized carbons (Fsp3) is 0.0714. The number of halogens is 2. The van der Waals surface area contributed by atoms with Gasteiger partial charge in [-0.3, -0.25) is 4.79 Å². The summed E-state index contributed by atoms with van der Waals surface area (Å²) in [5.41, 5.74) is 0.490. The highest BCUT2D eigenvalue weighted by Crippen LogP contribution is 2.21. The van der Waals surface area contributed by atoms with Crippen molar-refractivity contribution in [1.29, 1.82) is 0 Å². The summed E-state index contributed by atoms with van der Waals surface area (Å²) >= 11 is 0. The van der Waals surface area contributed by atoms with Gasteiger partial charge in [0.25, 0.3) is 5.91 Å².